The van der Waals surface area contributed by atoms with Gasteiger partial charge in [0, 0.05) is 18.3 Å². The van der Waals surface area contributed by atoms with Gasteiger partial charge in [-0.05, 0) is 31.0 Å². The minimum absolute atomic E-state index is 0.210. The van der Waals surface area contributed by atoms with Gasteiger partial charge >= 0.3 is 0 Å². The van der Waals surface area contributed by atoms with Crippen LogP contribution in [0.25, 0.3) is 0 Å². The SMILES string of the molecule is Cc1cccc(NC(CN)Cc2ccccc2)n1. The van der Waals surface area contributed by atoms with Gasteiger partial charge in [-0.1, -0.05) is 36.4 Å². The highest BCUT2D eigenvalue weighted by molar-refractivity contribution is 5.37. The Balaban J connectivity index is 2.01. The van der Waals surface area contributed by atoms with E-state index in [2.05, 4.69) is 22.4 Å². The molecule has 0 saturated heterocycles. The minimum Gasteiger partial charge on any atom is -0.366 e. The number of benzene rings is 1. The molecule has 1 heterocycles. The average Bonchev–Trinajstić information content (AvgIpc) is 2.39. The van der Waals surface area contributed by atoms with E-state index in [4.69, 9.17) is 5.73 Å². The third kappa shape index (κ3) is 3.57. The van der Waals surface area contributed by atoms with E-state index in [9.17, 15) is 0 Å². The van der Waals surface area contributed by atoms with E-state index >= 15 is 0 Å². The molecular formula is C15H19N3. The van der Waals surface area contributed by atoms with E-state index in [0.717, 1.165) is 17.9 Å². The Labute approximate surface area is 108 Å². The number of hydrogen-bond donors (Lipinski definition) is 2. The molecule has 0 aliphatic heterocycles. The van der Waals surface area contributed by atoms with Crippen LogP contribution in [0.1, 0.15) is 11.3 Å². The van der Waals surface area contributed by atoms with Crippen molar-refractivity contribution in [2.75, 3.05) is 11.9 Å². The van der Waals surface area contributed by atoms with Crippen LogP contribution in [0, 0.1) is 6.92 Å². The molecule has 0 saturated carbocycles. The number of hydrogen-bond acceptors (Lipinski definition) is 3. The van der Waals surface area contributed by atoms with Crippen LogP contribution in [0.3, 0.4) is 0 Å². The predicted molar refractivity (Wildman–Crippen MR) is 75.6 cm³/mol. The molecule has 2 rings (SSSR count). The summed E-state index contributed by atoms with van der Waals surface area (Å²) in [5.41, 5.74) is 8.11. The summed E-state index contributed by atoms with van der Waals surface area (Å²) in [7, 11) is 0. The van der Waals surface area contributed by atoms with Gasteiger partial charge in [0.15, 0.2) is 0 Å². The molecule has 0 spiro atoms. The van der Waals surface area contributed by atoms with Crippen molar-refractivity contribution < 1.29 is 0 Å². The van der Waals surface area contributed by atoms with E-state index in [-0.39, 0.29) is 6.04 Å². The van der Waals surface area contributed by atoms with Gasteiger partial charge in [0.05, 0.1) is 0 Å². The zero-order chi connectivity index (χ0) is 12.8. The zero-order valence-corrected chi connectivity index (χ0v) is 10.6. The maximum atomic E-state index is 5.82. The Kier molecular flexibility index (Phi) is 4.31. The van der Waals surface area contributed by atoms with Gasteiger partial charge in [-0.2, -0.15) is 0 Å². The van der Waals surface area contributed by atoms with Gasteiger partial charge in [0.2, 0.25) is 0 Å². The maximum Gasteiger partial charge on any atom is 0.126 e. The monoisotopic (exact) mass is 241 g/mol. The molecule has 3 nitrogen and oxygen atoms in total. The predicted octanol–water partition coefficient (Wildman–Crippen LogP) is 2.37. The second-order valence-corrected chi connectivity index (χ2v) is 4.43. The lowest BCUT2D eigenvalue weighted by Gasteiger charge is -2.17. The van der Waals surface area contributed by atoms with Crippen molar-refractivity contribution in [3.05, 3.63) is 59.8 Å². The fourth-order valence-corrected chi connectivity index (χ4v) is 1.92. The topological polar surface area (TPSA) is 50.9 Å². The number of aromatic nitrogens is 1. The van der Waals surface area contributed by atoms with Crippen molar-refractivity contribution in [1.82, 2.24) is 4.98 Å². The molecule has 0 fully saturated rings. The van der Waals surface area contributed by atoms with Gasteiger partial charge < -0.3 is 11.1 Å². The van der Waals surface area contributed by atoms with Gasteiger partial charge in [0.1, 0.15) is 5.82 Å². The van der Waals surface area contributed by atoms with Crippen molar-refractivity contribution in [1.29, 1.82) is 0 Å². The Bertz CT molecular complexity index is 482. The Morgan fingerprint density at radius 1 is 1.11 bits per heavy atom. The molecule has 18 heavy (non-hydrogen) atoms. The molecule has 0 aliphatic carbocycles. The summed E-state index contributed by atoms with van der Waals surface area (Å²) in [5, 5.41) is 3.38. The lowest BCUT2D eigenvalue weighted by Crippen LogP contribution is -2.31. The van der Waals surface area contributed by atoms with E-state index in [1.165, 1.54) is 5.56 Å². The van der Waals surface area contributed by atoms with E-state index < -0.39 is 0 Å². The number of pyridine rings is 1. The van der Waals surface area contributed by atoms with Crippen molar-refractivity contribution >= 4 is 5.82 Å². The molecule has 2 aromatic rings. The molecule has 0 radical (unpaired) electrons. The molecule has 3 N–H and O–H groups in total. The first-order valence-corrected chi connectivity index (χ1v) is 6.22. The van der Waals surface area contributed by atoms with E-state index in [1.54, 1.807) is 0 Å². The lowest BCUT2D eigenvalue weighted by molar-refractivity contribution is 0.719. The molecular weight excluding hydrogens is 222 g/mol. The van der Waals surface area contributed by atoms with Crippen molar-refractivity contribution in [3.63, 3.8) is 0 Å². The molecule has 0 amide bonds. The summed E-state index contributed by atoms with van der Waals surface area (Å²) >= 11 is 0. The molecule has 1 unspecified atom stereocenters. The molecule has 0 bridgehead atoms. The van der Waals surface area contributed by atoms with Gasteiger partial charge in [0.25, 0.3) is 0 Å². The smallest absolute Gasteiger partial charge is 0.126 e. The summed E-state index contributed by atoms with van der Waals surface area (Å²) < 4.78 is 0. The minimum atomic E-state index is 0.210. The second kappa shape index (κ2) is 6.17. The van der Waals surface area contributed by atoms with Gasteiger partial charge in [-0.25, -0.2) is 4.98 Å². The molecule has 1 aromatic heterocycles. The highest BCUT2D eigenvalue weighted by atomic mass is 15.0. The molecule has 1 atom stereocenters. The standard InChI is InChI=1S/C15H19N3/c1-12-6-5-9-15(17-12)18-14(11-16)10-13-7-3-2-4-8-13/h2-9,14H,10-11,16H2,1H3,(H,17,18). The van der Waals surface area contributed by atoms with Crippen LogP contribution in [-0.2, 0) is 6.42 Å². The number of nitrogens with one attached hydrogen (secondary N) is 1. The first kappa shape index (κ1) is 12.6. The van der Waals surface area contributed by atoms with Gasteiger partial charge in [-0.3, -0.25) is 0 Å². The number of aryl methyl sites for hydroxylation is 1. The summed E-state index contributed by atoms with van der Waals surface area (Å²) in [6.45, 7) is 2.57. The Hall–Kier alpha value is -1.87. The maximum absolute atomic E-state index is 5.82. The molecule has 3 heteroatoms. The molecule has 1 aromatic carbocycles. The fourth-order valence-electron chi connectivity index (χ4n) is 1.92. The third-order valence-corrected chi connectivity index (χ3v) is 2.85. The third-order valence-electron chi connectivity index (χ3n) is 2.85. The van der Waals surface area contributed by atoms with E-state index in [0.29, 0.717) is 6.54 Å². The number of nitrogens with two attached hydrogens (primary N) is 1. The first-order chi connectivity index (χ1) is 8.78. The summed E-state index contributed by atoms with van der Waals surface area (Å²) in [6.07, 6.45) is 0.910. The second-order valence-electron chi connectivity index (χ2n) is 4.43. The normalized spacial score (nSPS) is 12.1. The van der Waals surface area contributed by atoms with Crippen molar-refractivity contribution in [2.24, 2.45) is 5.73 Å². The van der Waals surface area contributed by atoms with Crippen LogP contribution in [-0.4, -0.2) is 17.6 Å². The highest BCUT2D eigenvalue weighted by Crippen LogP contribution is 2.09. The van der Waals surface area contributed by atoms with Crippen LogP contribution in [0.2, 0.25) is 0 Å². The van der Waals surface area contributed by atoms with Crippen LogP contribution in [0.5, 0.6) is 0 Å². The van der Waals surface area contributed by atoms with E-state index in [1.807, 2.05) is 43.3 Å². The van der Waals surface area contributed by atoms with Crippen LogP contribution in [0.4, 0.5) is 5.82 Å². The fraction of sp³-hybridized carbons (Fsp3) is 0.267. The van der Waals surface area contributed by atoms with Crippen LogP contribution < -0.4 is 11.1 Å². The number of anilines is 1. The Morgan fingerprint density at radius 3 is 2.56 bits per heavy atom. The van der Waals surface area contributed by atoms with Crippen LogP contribution >= 0.6 is 0 Å². The number of rotatable bonds is 5. The number of nitrogens with zero attached hydrogens (tertiary/aromatic N) is 1. The summed E-state index contributed by atoms with van der Waals surface area (Å²) in [4.78, 5) is 4.44. The largest absolute Gasteiger partial charge is 0.366 e. The van der Waals surface area contributed by atoms with Crippen LogP contribution in [0.15, 0.2) is 48.5 Å². The van der Waals surface area contributed by atoms with Crippen molar-refractivity contribution in [3.8, 4) is 0 Å². The zero-order valence-electron chi connectivity index (χ0n) is 10.6. The molecule has 94 valence electrons. The average molecular weight is 241 g/mol. The highest BCUT2D eigenvalue weighted by Gasteiger charge is 2.08. The van der Waals surface area contributed by atoms with Crippen molar-refractivity contribution in [2.45, 2.75) is 19.4 Å². The first-order valence-electron chi connectivity index (χ1n) is 6.22. The summed E-state index contributed by atoms with van der Waals surface area (Å²) in [5.74, 6) is 0.890. The quantitative estimate of drug-likeness (QED) is 0.845. The molecule has 0 aliphatic rings. The van der Waals surface area contributed by atoms with Gasteiger partial charge in [-0.15, -0.1) is 0 Å². The summed E-state index contributed by atoms with van der Waals surface area (Å²) in [6, 6.07) is 16.5. The lowest BCUT2D eigenvalue weighted by atomic mass is 10.1. The Morgan fingerprint density at radius 2 is 1.89 bits per heavy atom.